The Balaban J connectivity index is 2.26. The van der Waals surface area contributed by atoms with Crippen LogP contribution < -0.4 is 5.01 Å². The number of hydrogen-bond acceptors (Lipinski definition) is 4. The van der Waals surface area contributed by atoms with Gasteiger partial charge in [-0.3, -0.25) is 4.79 Å². The summed E-state index contributed by atoms with van der Waals surface area (Å²) < 4.78 is 12.1. The summed E-state index contributed by atoms with van der Waals surface area (Å²) in [5.74, 6) is 0.315. The molecule has 1 aromatic heterocycles. The van der Waals surface area contributed by atoms with Gasteiger partial charge in [-0.05, 0) is 19.1 Å². The van der Waals surface area contributed by atoms with Crippen molar-refractivity contribution in [3.8, 4) is 0 Å². The van der Waals surface area contributed by atoms with Crippen LogP contribution in [-0.4, -0.2) is 16.6 Å². The summed E-state index contributed by atoms with van der Waals surface area (Å²) in [4.78, 5) is 15.8. The maximum absolute atomic E-state index is 12.1. The van der Waals surface area contributed by atoms with Gasteiger partial charge >= 0.3 is 0 Å². The average Bonchev–Trinajstić information content (AvgIpc) is 2.58. The van der Waals surface area contributed by atoms with Gasteiger partial charge in [0.1, 0.15) is 0 Å². The zero-order valence-electron chi connectivity index (χ0n) is 7.98. The quantitative estimate of drug-likeness (QED) is 0.774. The SMILES string of the molecule is CC1=NN(c2ccc(SF)cn2)C(=O)C1. The van der Waals surface area contributed by atoms with Crippen molar-refractivity contribution in [3.05, 3.63) is 18.3 Å². The van der Waals surface area contributed by atoms with E-state index in [-0.39, 0.29) is 18.1 Å². The number of nitrogens with zero attached hydrogens (tertiary/aromatic N) is 3. The van der Waals surface area contributed by atoms with Crippen molar-refractivity contribution in [3.63, 3.8) is 0 Å². The van der Waals surface area contributed by atoms with E-state index < -0.39 is 0 Å². The molecule has 1 aliphatic heterocycles. The van der Waals surface area contributed by atoms with Crippen LogP contribution in [-0.2, 0) is 4.79 Å². The maximum atomic E-state index is 12.1. The van der Waals surface area contributed by atoms with Gasteiger partial charge in [0.25, 0.3) is 5.91 Å². The first-order chi connectivity index (χ1) is 7.20. The largest absolute Gasteiger partial charge is 0.272 e. The van der Waals surface area contributed by atoms with Crippen molar-refractivity contribution < 1.29 is 8.68 Å². The fourth-order valence-corrected chi connectivity index (χ4v) is 1.49. The van der Waals surface area contributed by atoms with Crippen LogP contribution in [0, 0.1) is 0 Å². The minimum Gasteiger partial charge on any atom is -0.272 e. The summed E-state index contributed by atoms with van der Waals surface area (Å²) in [6.07, 6.45) is 1.69. The van der Waals surface area contributed by atoms with E-state index in [9.17, 15) is 8.68 Å². The highest BCUT2D eigenvalue weighted by Gasteiger charge is 2.23. The van der Waals surface area contributed by atoms with Gasteiger partial charge in [0, 0.05) is 11.9 Å². The van der Waals surface area contributed by atoms with E-state index in [0.29, 0.717) is 17.1 Å². The molecule has 6 heteroatoms. The Bertz CT molecular complexity index is 418. The number of aromatic nitrogens is 1. The molecule has 1 aromatic rings. The van der Waals surface area contributed by atoms with E-state index >= 15 is 0 Å². The molecule has 0 atom stereocenters. The minimum atomic E-state index is -0.111. The van der Waals surface area contributed by atoms with Crippen LogP contribution in [0.1, 0.15) is 13.3 Å². The van der Waals surface area contributed by atoms with Gasteiger partial charge in [0.15, 0.2) is 5.82 Å². The molecule has 0 N–H and O–H groups in total. The number of carbonyl (C=O) groups is 1. The summed E-state index contributed by atoms with van der Waals surface area (Å²) in [6, 6.07) is 3.13. The van der Waals surface area contributed by atoms with Crippen molar-refractivity contribution in [2.45, 2.75) is 18.2 Å². The third-order valence-electron chi connectivity index (χ3n) is 1.94. The number of halogens is 1. The fraction of sp³-hybridized carbons (Fsp3) is 0.222. The number of hydrogen-bond donors (Lipinski definition) is 0. The fourth-order valence-electron chi connectivity index (χ4n) is 1.28. The first-order valence-electron chi connectivity index (χ1n) is 4.32. The summed E-state index contributed by atoms with van der Waals surface area (Å²) >= 11 is 0.120. The van der Waals surface area contributed by atoms with Crippen molar-refractivity contribution in [1.82, 2.24) is 4.98 Å². The maximum Gasteiger partial charge on any atom is 0.254 e. The topological polar surface area (TPSA) is 45.6 Å². The number of anilines is 1. The summed E-state index contributed by atoms with van der Waals surface area (Å²) in [5.41, 5.74) is 0.755. The molecule has 2 heterocycles. The van der Waals surface area contributed by atoms with Gasteiger partial charge < -0.3 is 0 Å². The Kier molecular flexibility index (Phi) is 2.68. The second kappa shape index (κ2) is 3.98. The highest BCUT2D eigenvalue weighted by atomic mass is 32.2. The van der Waals surface area contributed by atoms with Gasteiger partial charge in [-0.2, -0.15) is 14.0 Å². The van der Waals surface area contributed by atoms with Gasteiger partial charge in [-0.1, -0.05) is 0 Å². The van der Waals surface area contributed by atoms with Crippen LogP contribution in [0.15, 0.2) is 28.3 Å². The molecule has 2 rings (SSSR count). The van der Waals surface area contributed by atoms with E-state index in [4.69, 9.17) is 0 Å². The molecule has 1 aliphatic rings. The standard InChI is InChI=1S/C9H8FN3OS/c1-6-4-9(14)13(12-6)8-3-2-7(15-10)5-11-8/h2-3,5H,4H2,1H3. The van der Waals surface area contributed by atoms with Crippen molar-refractivity contribution in [2.75, 3.05) is 5.01 Å². The Morgan fingerprint density at radius 2 is 2.33 bits per heavy atom. The van der Waals surface area contributed by atoms with Crippen LogP contribution in [0.5, 0.6) is 0 Å². The molecular formula is C9H8FN3OS. The molecule has 4 nitrogen and oxygen atoms in total. The summed E-state index contributed by atoms with van der Waals surface area (Å²) in [5, 5.41) is 5.27. The Labute approximate surface area is 90.5 Å². The number of hydrazone groups is 1. The van der Waals surface area contributed by atoms with Crippen molar-refractivity contribution in [2.24, 2.45) is 5.10 Å². The average molecular weight is 225 g/mol. The van der Waals surface area contributed by atoms with Crippen LogP contribution in [0.2, 0.25) is 0 Å². The number of carbonyl (C=O) groups excluding carboxylic acids is 1. The lowest BCUT2D eigenvalue weighted by Gasteiger charge is -2.09. The zero-order valence-corrected chi connectivity index (χ0v) is 8.79. The smallest absolute Gasteiger partial charge is 0.254 e. The molecule has 0 aliphatic carbocycles. The lowest BCUT2D eigenvalue weighted by molar-refractivity contribution is -0.116. The third kappa shape index (κ3) is 1.99. The van der Waals surface area contributed by atoms with Crippen LogP contribution >= 0.6 is 12.1 Å². The predicted octanol–water partition coefficient (Wildman–Crippen LogP) is 2.17. The molecule has 0 radical (unpaired) electrons. The first kappa shape index (κ1) is 10.1. The molecule has 0 fully saturated rings. The molecule has 1 amide bonds. The minimum absolute atomic E-state index is 0.111. The molecule has 15 heavy (non-hydrogen) atoms. The highest BCUT2D eigenvalue weighted by Crippen LogP contribution is 2.22. The molecular weight excluding hydrogens is 217 g/mol. The second-order valence-corrected chi connectivity index (χ2v) is 3.77. The number of rotatable bonds is 2. The molecule has 0 aromatic carbocycles. The van der Waals surface area contributed by atoms with Crippen molar-refractivity contribution >= 4 is 29.6 Å². The van der Waals surface area contributed by atoms with E-state index in [0.717, 1.165) is 5.71 Å². The van der Waals surface area contributed by atoms with E-state index in [2.05, 4.69) is 10.1 Å². The summed E-state index contributed by atoms with van der Waals surface area (Å²) in [7, 11) is 0. The third-order valence-corrected chi connectivity index (χ3v) is 2.36. The predicted molar refractivity (Wildman–Crippen MR) is 56.4 cm³/mol. The number of pyridine rings is 1. The van der Waals surface area contributed by atoms with E-state index in [1.54, 1.807) is 19.1 Å². The van der Waals surface area contributed by atoms with E-state index in [1.807, 2.05) is 0 Å². The van der Waals surface area contributed by atoms with Crippen LogP contribution in [0.4, 0.5) is 9.70 Å². The molecule has 0 saturated carbocycles. The Morgan fingerprint density at radius 1 is 1.53 bits per heavy atom. The van der Waals surface area contributed by atoms with E-state index in [1.165, 1.54) is 11.2 Å². The molecule has 0 unspecified atom stereocenters. The zero-order chi connectivity index (χ0) is 10.8. The first-order valence-corrected chi connectivity index (χ1v) is 5.04. The Hall–Kier alpha value is -1.43. The van der Waals surface area contributed by atoms with Crippen molar-refractivity contribution in [1.29, 1.82) is 0 Å². The monoisotopic (exact) mass is 225 g/mol. The Morgan fingerprint density at radius 3 is 2.80 bits per heavy atom. The van der Waals surface area contributed by atoms with Gasteiger partial charge in [-0.25, -0.2) is 4.98 Å². The molecule has 0 spiro atoms. The molecule has 78 valence electrons. The normalized spacial score (nSPS) is 15.7. The van der Waals surface area contributed by atoms with Crippen LogP contribution in [0.25, 0.3) is 0 Å². The second-order valence-electron chi connectivity index (χ2n) is 3.15. The lowest BCUT2D eigenvalue weighted by atomic mass is 10.3. The van der Waals surface area contributed by atoms with Gasteiger partial charge in [-0.15, -0.1) is 0 Å². The van der Waals surface area contributed by atoms with Gasteiger partial charge in [0.05, 0.1) is 23.5 Å². The van der Waals surface area contributed by atoms with Crippen LogP contribution in [0.3, 0.4) is 0 Å². The number of amides is 1. The summed E-state index contributed by atoms with van der Waals surface area (Å²) in [6.45, 7) is 1.78. The molecule has 0 saturated heterocycles. The van der Waals surface area contributed by atoms with Gasteiger partial charge in [0.2, 0.25) is 0 Å². The molecule has 0 bridgehead atoms. The lowest BCUT2D eigenvalue weighted by Crippen LogP contribution is -2.20. The highest BCUT2D eigenvalue weighted by molar-refractivity contribution is 7.94.